The molecule has 8 rings (SSSR count). The number of hydrogen-bond acceptors (Lipinski definition) is 11. The molecule has 10 amide bonds. The van der Waals surface area contributed by atoms with Gasteiger partial charge in [-0.05, 0) is 110 Å². The number of amides is 10. The van der Waals surface area contributed by atoms with Gasteiger partial charge in [0.25, 0.3) is 11.8 Å². The van der Waals surface area contributed by atoms with Crippen molar-refractivity contribution in [1.29, 1.82) is 0 Å². The molecule has 22 nitrogen and oxygen atoms in total. The lowest BCUT2D eigenvalue weighted by Gasteiger charge is -2.29. The van der Waals surface area contributed by atoms with E-state index in [1.165, 1.54) is 12.1 Å². The number of carbonyl (C=O) groups excluding carboxylic acids is 9. The Morgan fingerprint density at radius 1 is 0.659 bits per heavy atom. The fraction of sp³-hybridized carbons (Fsp3) is 0.279. The third kappa shape index (κ3) is 20.6. The van der Waals surface area contributed by atoms with E-state index in [1.54, 1.807) is 80.7 Å². The zero-order chi connectivity index (χ0) is 64.9. The van der Waals surface area contributed by atoms with Crippen molar-refractivity contribution in [2.45, 2.75) is 78.1 Å². The van der Waals surface area contributed by atoms with E-state index in [0.717, 1.165) is 50.5 Å². The van der Waals surface area contributed by atoms with Gasteiger partial charge in [0.15, 0.2) is 18.9 Å². The molecule has 91 heavy (non-hydrogen) atoms. The molecule has 1 aliphatic heterocycles. The highest BCUT2D eigenvalue weighted by atomic mass is 19.1. The minimum atomic E-state index is -1.12. The molecule has 0 bridgehead atoms. The zero-order valence-electron chi connectivity index (χ0n) is 50.9. The molecule has 1 aliphatic rings. The summed E-state index contributed by atoms with van der Waals surface area (Å²) in [5.41, 5.74) is 5.64. The van der Waals surface area contributed by atoms with Crippen LogP contribution in [0.1, 0.15) is 74.8 Å². The average Bonchev–Trinajstić information content (AvgIpc) is 3.82. The standard InChI is InChI=1S/C68H71FN12O10/c1-67(2,29-37-91-68(3,4)28-30-71-58(82)27-35-81-62(86)22-23-63(81)87)65(89)74-42-59(83)72-43-61(85)78-56(38-47-8-6-5-7-9-47)64(88)73-44-60(84)76-53-18-13-48(14-19-53)45-79-32-25-50(26-33-79)55-21-20-54(40-51(55)15-10-46-11-16-52(69)17-12-46)77-66(90)75-41-49-24-34-80-36-31-70-57(80)39-49/h5-9,11-14,16-26,31-34,36,39-40,56H,27-30,35,37-38,41-45H2,1-4H3,(H7,71,72,73,74,75,76,78,82,83,84,85,88,89,90)/p+1/t56-/m0/s1. The molecule has 0 saturated carbocycles. The first kappa shape index (κ1) is 66.1. The maximum atomic E-state index is 13.7. The number of imide groups is 1. The number of anilines is 2. The van der Waals surface area contributed by atoms with Crippen LogP contribution in [0.2, 0.25) is 0 Å². The summed E-state index contributed by atoms with van der Waals surface area (Å²) in [6.07, 6.45) is 12.4. The van der Waals surface area contributed by atoms with Crippen LogP contribution in [0.25, 0.3) is 16.8 Å². The van der Waals surface area contributed by atoms with Gasteiger partial charge in [0.2, 0.25) is 35.4 Å². The van der Waals surface area contributed by atoms with Crippen molar-refractivity contribution in [3.8, 4) is 23.0 Å². The van der Waals surface area contributed by atoms with Crippen LogP contribution in [0, 0.1) is 23.1 Å². The van der Waals surface area contributed by atoms with E-state index in [2.05, 4.69) is 59.4 Å². The molecule has 4 aromatic carbocycles. The lowest BCUT2D eigenvalue weighted by atomic mass is 9.88. The molecule has 23 heteroatoms. The van der Waals surface area contributed by atoms with Crippen LogP contribution in [-0.4, -0.2) is 119 Å². The monoisotopic (exact) mass is 1240 g/mol. The minimum absolute atomic E-state index is 0.0171. The second kappa shape index (κ2) is 31.4. The summed E-state index contributed by atoms with van der Waals surface area (Å²) < 4.78 is 23.6. The summed E-state index contributed by atoms with van der Waals surface area (Å²) in [5.74, 6) is 1.83. The minimum Gasteiger partial charge on any atom is -0.375 e. The van der Waals surface area contributed by atoms with E-state index in [0.29, 0.717) is 41.9 Å². The van der Waals surface area contributed by atoms with Gasteiger partial charge in [0, 0.05) is 115 Å². The third-order valence-electron chi connectivity index (χ3n) is 14.7. The topological polar surface area (TPSA) is 284 Å². The van der Waals surface area contributed by atoms with Gasteiger partial charge in [-0.25, -0.2) is 18.7 Å². The van der Waals surface area contributed by atoms with Crippen LogP contribution >= 0.6 is 0 Å². The first-order valence-corrected chi connectivity index (χ1v) is 29.5. The lowest BCUT2D eigenvalue weighted by molar-refractivity contribution is -0.688. The SMILES string of the molecule is CC(C)(CCNC(=O)CCN1C(=O)C=CC1=O)OCCC(C)(C)C(=O)NCC(=O)NCC(=O)N[C@@H](Cc1ccccc1)C(=O)NCC(=O)Nc1ccc(C[n+]2ccc(-c3ccc(NC(=O)NCc4ccn5ccnc5c4)cc3C#Cc3ccc(F)cc3)cc2)cc1. The number of rotatable bonds is 28. The van der Waals surface area contributed by atoms with Gasteiger partial charge >= 0.3 is 6.03 Å². The third-order valence-corrected chi connectivity index (χ3v) is 14.7. The molecule has 4 heterocycles. The second-order valence-electron chi connectivity index (χ2n) is 22.8. The van der Waals surface area contributed by atoms with Gasteiger partial charge in [-0.2, -0.15) is 0 Å². The molecular formula is C68H72FN12O10+. The Hall–Kier alpha value is -10.9. The Kier molecular flexibility index (Phi) is 22.8. The molecule has 0 spiro atoms. The van der Waals surface area contributed by atoms with Crippen LogP contribution in [0.3, 0.4) is 0 Å². The molecular weight excluding hydrogens is 1160 g/mol. The molecule has 0 fully saturated rings. The van der Waals surface area contributed by atoms with Crippen molar-refractivity contribution in [2.75, 3.05) is 50.0 Å². The molecule has 3 aromatic heterocycles. The number of carbonyl (C=O) groups is 9. The predicted octanol–water partition coefficient (Wildman–Crippen LogP) is 5.25. The number of ether oxygens (including phenoxy) is 1. The quantitative estimate of drug-likeness (QED) is 0.0178. The van der Waals surface area contributed by atoms with Crippen molar-refractivity contribution >= 4 is 70.3 Å². The van der Waals surface area contributed by atoms with Gasteiger partial charge in [-0.1, -0.05) is 74.2 Å². The number of hydrogen-bond donors (Lipinski definition) is 8. The smallest absolute Gasteiger partial charge is 0.319 e. The van der Waals surface area contributed by atoms with Gasteiger partial charge in [0.1, 0.15) is 17.5 Å². The number of fused-ring (bicyclic) bond motifs is 1. The zero-order valence-corrected chi connectivity index (χ0v) is 50.9. The summed E-state index contributed by atoms with van der Waals surface area (Å²) in [5, 5.41) is 21.6. The van der Waals surface area contributed by atoms with E-state index < -0.39 is 84.1 Å². The van der Waals surface area contributed by atoms with Gasteiger partial charge in [-0.3, -0.25) is 43.3 Å². The molecule has 1 atom stereocenters. The summed E-state index contributed by atoms with van der Waals surface area (Å²) >= 11 is 0. The number of imidazole rings is 1. The van der Waals surface area contributed by atoms with Crippen molar-refractivity contribution in [1.82, 2.24) is 46.2 Å². The molecule has 0 saturated heterocycles. The number of aromatic nitrogens is 3. The van der Waals surface area contributed by atoms with Gasteiger partial charge < -0.3 is 51.7 Å². The van der Waals surface area contributed by atoms with E-state index in [9.17, 15) is 47.5 Å². The van der Waals surface area contributed by atoms with E-state index in [4.69, 9.17) is 4.74 Å². The Labute approximate surface area is 525 Å². The van der Waals surface area contributed by atoms with E-state index in [1.807, 2.05) is 96.1 Å². The molecule has 0 aliphatic carbocycles. The Morgan fingerprint density at radius 2 is 1.36 bits per heavy atom. The lowest BCUT2D eigenvalue weighted by Crippen LogP contribution is -2.52. The Balaban J connectivity index is 0.762. The fourth-order valence-electron chi connectivity index (χ4n) is 9.38. The summed E-state index contributed by atoms with van der Waals surface area (Å²) in [6.45, 7) is 6.99. The van der Waals surface area contributed by atoms with Crippen LogP contribution in [0.15, 0.2) is 164 Å². The van der Waals surface area contributed by atoms with Crippen molar-refractivity contribution < 1.29 is 56.8 Å². The number of nitrogens with one attached hydrogen (secondary N) is 8. The fourth-order valence-corrected chi connectivity index (χ4v) is 9.38. The maximum Gasteiger partial charge on any atom is 0.319 e. The van der Waals surface area contributed by atoms with Crippen LogP contribution in [0.4, 0.5) is 20.6 Å². The highest BCUT2D eigenvalue weighted by Gasteiger charge is 2.30. The summed E-state index contributed by atoms with van der Waals surface area (Å²) in [4.78, 5) is 120. The highest BCUT2D eigenvalue weighted by Crippen LogP contribution is 2.27. The number of pyridine rings is 2. The highest BCUT2D eigenvalue weighted by molar-refractivity contribution is 6.13. The summed E-state index contributed by atoms with van der Waals surface area (Å²) in [6, 6.07) is 33.7. The van der Waals surface area contributed by atoms with Gasteiger partial charge in [0.05, 0.1) is 25.2 Å². The van der Waals surface area contributed by atoms with Crippen molar-refractivity contribution in [3.05, 3.63) is 198 Å². The molecule has 8 N–H and O–H groups in total. The van der Waals surface area contributed by atoms with Gasteiger partial charge in [-0.15, -0.1) is 0 Å². The number of urea groups is 1. The van der Waals surface area contributed by atoms with Crippen LogP contribution in [0.5, 0.6) is 0 Å². The normalized spacial score (nSPS) is 12.3. The van der Waals surface area contributed by atoms with Crippen LogP contribution in [-0.2, 0) is 62.6 Å². The average molecular weight is 1240 g/mol. The van der Waals surface area contributed by atoms with Crippen molar-refractivity contribution in [2.24, 2.45) is 5.41 Å². The van der Waals surface area contributed by atoms with E-state index >= 15 is 0 Å². The van der Waals surface area contributed by atoms with Crippen molar-refractivity contribution in [3.63, 3.8) is 0 Å². The predicted molar refractivity (Wildman–Crippen MR) is 337 cm³/mol. The second-order valence-corrected chi connectivity index (χ2v) is 22.8. The number of halogens is 1. The molecule has 7 aromatic rings. The first-order valence-electron chi connectivity index (χ1n) is 29.5. The number of nitrogens with zero attached hydrogens (tertiary/aromatic N) is 4. The Bertz CT molecular complexity index is 3860. The maximum absolute atomic E-state index is 13.7. The summed E-state index contributed by atoms with van der Waals surface area (Å²) in [7, 11) is 0. The first-order chi connectivity index (χ1) is 43.6. The molecule has 0 unspecified atom stereocenters. The molecule has 0 radical (unpaired) electrons. The van der Waals surface area contributed by atoms with Crippen LogP contribution < -0.4 is 47.1 Å². The largest absolute Gasteiger partial charge is 0.375 e. The van der Waals surface area contributed by atoms with E-state index in [-0.39, 0.29) is 50.8 Å². The Morgan fingerprint density at radius 3 is 2.10 bits per heavy atom. The number of benzene rings is 4. The molecule has 470 valence electrons.